The molecule has 5 rings (SSSR count). The van der Waals surface area contributed by atoms with Crippen LogP contribution in [-0.2, 0) is 11.2 Å². The molecular weight excluding hydrogens is 484 g/mol. The van der Waals surface area contributed by atoms with Crippen LogP contribution >= 0.6 is 11.9 Å². The number of aromatic nitrogens is 2. The highest BCUT2D eigenvalue weighted by atomic mass is 32.2. The number of anilines is 4. The Morgan fingerprint density at radius 1 is 1.05 bits per heavy atom. The smallest absolute Gasteiger partial charge is 0.229 e. The van der Waals surface area contributed by atoms with Crippen LogP contribution in [0.1, 0.15) is 26.3 Å². The summed E-state index contributed by atoms with van der Waals surface area (Å²) in [6, 6.07) is 16.6. The van der Waals surface area contributed by atoms with Crippen molar-refractivity contribution in [1.82, 2.24) is 19.6 Å². The summed E-state index contributed by atoms with van der Waals surface area (Å²) in [5.74, 6) is 2.41. The molecule has 0 radical (unpaired) electrons. The molecule has 0 atom stereocenters. The molecule has 1 fully saturated rings. The highest BCUT2D eigenvalue weighted by Gasteiger charge is 2.23. The third kappa shape index (κ3) is 7.13. The third-order valence-corrected chi connectivity index (χ3v) is 7.40. The molecule has 2 N–H and O–H groups in total. The van der Waals surface area contributed by atoms with Crippen molar-refractivity contribution in [3.8, 4) is 5.75 Å². The van der Waals surface area contributed by atoms with Gasteiger partial charge in [-0.1, -0.05) is 6.07 Å². The van der Waals surface area contributed by atoms with Crippen molar-refractivity contribution in [3.05, 3.63) is 60.3 Å². The number of morpholine rings is 1. The first-order chi connectivity index (χ1) is 17.9. The lowest BCUT2D eigenvalue weighted by Crippen LogP contribution is -2.38. The number of ether oxygens (including phenoxy) is 2. The molecule has 1 saturated heterocycles. The number of hydrogen-bond acceptors (Lipinski definition) is 9. The van der Waals surface area contributed by atoms with Crippen LogP contribution in [0.2, 0.25) is 0 Å². The van der Waals surface area contributed by atoms with E-state index in [0.717, 1.165) is 68.8 Å². The Morgan fingerprint density at radius 3 is 2.65 bits per heavy atom. The summed E-state index contributed by atoms with van der Waals surface area (Å²) < 4.78 is 14.8. The molecule has 0 aliphatic carbocycles. The van der Waals surface area contributed by atoms with Gasteiger partial charge in [-0.25, -0.2) is 4.98 Å². The summed E-state index contributed by atoms with van der Waals surface area (Å²) in [6.07, 6.45) is 2.87. The molecular formula is C28H36N6O2S. The molecule has 0 spiro atoms. The van der Waals surface area contributed by atoms with E-state index in [1.165, 1.54) is 10.5 Å². The minimum absolute atomic E-state index is 0.0436. The van der Waals surface area contributed by atoms with Crippen molar-refractivity contribution in [1.29, 1.82) is 0 Å². The number of nitrogens with zero attached hydrogens (tertiary/aromatic N) is 4. The monoisotopic (exact) mass is 520 g/mol. The van der Waals surface area contributed by atoms with Crippen molar-refractivity contribution in [2.75, 3.05) is 56.2 Å². The number of benzene rings is 2. The lowest BCUT2D eigenvalue weighted by atomic mass is 10.1. The first-order valence-corrected chi connectivity index (χ1v) is 13.7. The van der Waals surface area contributed by atoms with Gasteiger partial charge in [-0.3, -0.25) is 9.62 Å². The molecule has 196 valence electrons. The van der Waals surface area contributed by atoms with Crippen LogP contribution in [0.25, 0.3) is 0 Å². The van der Waals surface area contributed by atoms with Crippen LogP contribution < -0.4 is 19.7 Å². The largest absolute Gasteiger partial charge is 0.492 e. The molecule has 0 saturated carbocycles. The Balaban J connectivity index is 1.20. The van der Waals surface area contributed by atoms with E-state index in [1.54, 1.807) is 11.9 Å². The molecule has 0 unspecified atom stereocenters. The van der Waals surface area contributed by atoms with E-state index in [1.807, 2.05) is 30.5 Å². The Bertz CT molecular complexity index is 1180. The lowest BCUT2D eigenvalue weighted by molar-refractivity contribution is 0.0322. The van der Waals surface area contributed by atoms with Crippen LogP contribution in [0.4, 0.5) is 23.1 Å². The zero-order valence-electron chi connectivity index (χ0n) is 21.9. The van der Waals surface area contributed by atoms with E-state index < -0.39 is 0 Å². The van der Waals surface area contributed by atoms with E-state index in [-0.39, 0.29) is 5.54 Å². The molecule has 0 bridgehead atoms. The second-order valence-corrected chi connectivity index (χ2v) is 11.2. The van der Waals surface area contributed by atoms with Gasteiger partial charge in [-0.2, -0.15) is 4.98 Å². The van der Waals surface area contributed by atoms with Crippen LogP contribution in [0.3, 0.4) is 0 Å². The fourth-order valence-corrected chi connectivity index (χ4v) is 5.02. The predicted octanol–water partition coefficient (Wildman–Crippen LogP) is 5.02. The lowest BCUT2D eigenvalue weighted by Gasteiger charge is -2.26. The highest BCUT2D eigenvalue weighted by Crippen LogP contribution is 2.35. The SMILES string of the molecule is CC(C)(C)NSc1cccc(N2CCc3cnc(Nc4ccc(OCCN5CCOCC5)cc4)nc32)c1. The van der Waals surface area contributed by atoms with Crippen LogP contribution in [0.5, 0.6) is 5.75 Å². The van der Waals surface area contributed by atoms with Gasteiger partial charge in [-0.15, -0.1) is 0 Å². The maximum atomic E-state index is 5.93. The standard InChI is InChI=1S/C28H36N6O2S/c1-28(2,3)32-37-25-6-4-5-23(19-25)34-12-11-21-20-29-27(31-26(21)34)30-22-7-9-24(10-8-22)36-18-15-33-13-16-35-17-14-33/h4-10,19-20,32H,11-18H2,1-3H3,(H,29,30,31). The maximum Gasteiger partial charge on any atom is 0.229 e. The van der Waals surface area contributed by atoms with Gasteiger partial charge < -0.3 is 19.7 Å². The minimum Gasteiger partial charge on any atom is -0.492 e. The van der Waals surface area contributed by atoms with Crippen molar-refractivity contribution < 1.29 is 9.47 Å². The van der Waals surface area contributed by atoms with Gasteiger partial charge in [0.2, 0.25) is 5.95 Å². The second kappa shape index (κ2) is 11.7. The summed E-state index contributed by atoms with van der Waals surface area (Å²) in [7, 11) is 0. The molecule has 0 amide bonds. The fourth-order valence-electron chi connectivity index (χ4n) is 4.27. The molecule has 1 aromatic heterocycles. The summed E-state index contributed by atoms with van der Waals surface area (Å²) in [5.41, 5.74) is 3.28. The predicted molar refractivity (Wildman–Crippen MR) is 150 cm³/mol. The molecule has 2 aliphatic heterocycles. The first-order valence-electron chi connectivity index (χ1n) is 12.9. The van der Waals surface area contributed by atoms with Crippen LogP contribution in [0.15, 0.2) is 59.6 Å². The van der Waals surface area contributed by atoms with Crippen molar-refractivity contribution in [2.45, 2.75) is 37.6 Å². The number of rotatable bonds is 9. The maximum absolute atomic E-state index is 5.93. The number of hydrogen-bond donors (Lipinski definition) is 2. The summed E-state index contributed by atoms with van der Waals surface area (Å²) in [4.78, 5) is 15.3. The van der Waals surface area contributed by atoms with Crippen molar-refractivity contribution in [2.24, 2.45) is 0 Å². The molecule has 8 nitrogen and oxygen atoms in total. The van der Waals surface area contributed by atoms with E-state index in [0.29, 0.717) is 12.6 Å². The average Bonchev–Trinajstić information content (AvgIpc) is 3.32. The Labute approximate surface area is 223 Å². The van der Waals surface area contributed by atoms with Crippen LogP contribution in [-0.4, -0.2) is 66.4 Å². The number of nitrogens with one attached hydrogen (secondary N) is 2. The van der Waals surface area contributed by atoms with Gasteiger partial charge >= 0.3 is 0 Å². The van der Waals surface area contributed by atoms with E-state index in [4.69, 9.17) is 14.5 Å². The Hall–Kier alpha value is -2.85. The molecule has 2 aromatic carbocycles. The molecule has 2 aliphatic rings. The first kappa shape index (κ1) is 25.8. The average molecular weight is 521 g/mol. The topological polar surface area (TPSA) is 74.8 Å². The van der Waals surface area contributed by atoms with Gasteiger partial charge in [0.15, 0.2) is 0 Å². The fraction of sp³-hybridized carbons (Fsp3) is 0.429. The van der Waals surface area contributed by atoms with Gasteiger partial charge in [0.1, 0.15) is 18.2 Å². The quantitative estimate of drug-likeness (QED) is 0.378. The van der Waals surface area contributed by atoms with Gasteiger partial charge in [-0.05, 0) is 81.6 Å². The van der Waals surface area contributed by atoms with Crippen molar-refractivity contribution in [3.63, 3.8) is 0 Å². The summed E-state index contributed by atoms with van der Waals surface area (Å²) in [6.45, 7) is 12.5. The van der Waals surface area contributed by atoms with E-state index in [9.17, 15) is 0 Å². The Morgan fingerprint density at radius 2 is 1.86 bits per heavy atom. The minimum atomic E-state index is 0.0436. The molecule has 3 heterocycles. The van der Waals surface area contributed by atoms with Crippen LogP contribution in [0, 0.1) is 0 Å². The van der Waals surface area contributed by atoms with E-state index in [2.05, 4.69) is 69.9 Å². The third-order valence-electron chi connectivity index (χ3n) is 6.20. The van der Waals surface area contributed by atoms with Gasteiger partial charge in [0.25, 0.3) is 0 Å². The summed E-state index contributed by atoms with van der Waals surface area (Å²) >= 11 is 1.66. The Kier molecular flexibility index (Phi) is 8.14. The van der Waals surface area contributed by atoms with Crippen molar-refractivity contribution >= 4 is 35.1 Å². The normalized spacial score (nSPS) is 16.0. The zero-order valence-corrected chi connectivity index (χ0v) is 22.7. The highest BCUT2D eigenvalue weighted by molar-refractivity contribution is 7.97. The number of fused-ring (bicyclic) bond motifs is 1. The second-order valence-electron chi connectivity index (χ2n) is 10.3. The van der Waals surface area contributed by atoms with Gasteiger partial charge in [0, 0.05) is 59.7 Å². The zero-order chi connectivity index (χ0) is 25.7. The van der Waals surface area contributed by atoms with E-state index >= 15 is 0 Å². The molecule has 9 heteroatoms. The molecule has 3 aromatic rings. The summed E-state index contributed by atoms with van der Waals surface area (Å²) in [5, 5.41) is 3.35. The van der Waals surface area contributed by atoms with Gasteiger partial charge in [0.05, 0.1) is 13.2 Å². The molecule has 37 heavy (non-hydrogen) atoms.